The van der Waals surface area contributed by atoms with Crippen LogP contribution in [0.4, 0.5) is 0 Å². The number of hydrogen-bond donors (Lipinski definition) is 2. The second-order valence-electron chi connectivity index (χ2n) is 10.3. The number of rotatable bonds is 10. The summed E-state index contributed by atoms with van der Waals surface area (Å²) in [7, 11) is 6.23. The van der Waals surface area contributed by atoms with E-state index >= 15 is 0 Å². The van der Waals surface area contributed by atoms with Crippen LogP contribution in [0.15, 0.2) is 69.6 Å². The molecule has 228 valence electrons. The van der Waals surface area contributed by atoms with Crippen LogP contribution in [0.2, 0.25) is 0 Å². The lowest BCUT2D eigenvalue weighted by atomic mass is 9.95. The first-order chi connectivity index (χ1) is 21.9. The maximum atomic E-state index is 12.4. The van der Waals surface area contributed by atoms with E-state index in [1.807, 2.05) is 48.5 Å². The third-order valence-electron chi connectivity index (χ3n) is 7.98. The number of aldehydes is 2. The highest BCUT2D eigenvalue weighted by molar-refractivity contribution is 9.10. The highest BCUT2D eigenvalue weighted by atomic mass is 79.9. The molecule has 0 bridgehead atoms. The summed E-state index contributed by atoms with van der Waals surface area (Å²) in [5.74, 6) is 1.93. The van der Waals surface area contributed by atoms with Gasteiger partial charge in [-0.25, -0.2) is 0 Å². The minimum Gasteiger partial charge on any atom is -0.496 e. The van der Waals surface area contributed by atoms with Gasteiger partial charge in [0.05, 0.1) is 61.4 Å². The fourth-order valence-corrected chi connectivity index (χ4v) is 6.52. The van der Waals surface area contributed by atoms with Crippen LogP contribution in [-0.4, -0.2) is 51.0 Å². The molecular formula is C35H28Br2N2O6. The molecule has 0 saturated carbocycles. The summed E-state index contributed by atoms with van der Waals surface area (Å²) in [6, 6.07) is 19.4. The standard InChI is InChI=1S/C35H28Br2N2O6/c1-42-26-14-28(44-3)32-30(18-5-9-20(36)10-6-18)24(38-34(32)22(26)16-40)13-25-31(19-7-11-21(37)12-8-19)33-29(45-4)15-27(43-2)23(17-41)35(33)39-25/h5-12,14-17,38-39H,13H2,1-4H3. The van der Waals surface area contributed by atoms with Crippen molar-refractivity contribution in [2.75, 3.05) is 28.4 Å². The van der Waals surface area contributed by atoms with Crippen molar-refractivity contribution in [1.29, 1.82) is 0 Å². The third kappa shape index (κ3) is 5.17. The average molecular weight is 732 g/mol. The molecule has 0 unspecified atom stereocenters. The first-order valence-corrected chi connectivity index (χ1v) is 15.5. The van der Waals surface area contributed by atoms with Gasteiger partial charge in [-0.3, -0.25) is 9.59 Å². The summed E-state index contributed by atoms with van der Waals surface area (Å²) in [5.41, 5.74) is 7.22. The molecule has 2 heterocycles. The van der Waals surface area contributed by atoms with Crippen LogP contribution in [0.3, 0.4) is 0 Å². The van der Waals surface area contributed by atoms with Gasteiger partial charge in [0, 0.05) is 50.0 Å². The van der Waals surface area contributed by atoms with Gasteiger partial charge in [-0.15, -0.1) is 0 Å². The SMILES string of the molecule is COc1cc(OC)c2c(-c3ccc(Br)cc3)c(Cc3[nH]c4c(C=O)c(OC)cc(OC)c4c3-c3ccc(Br)cc3)[nH]c2c1C=O. The highest BCUT2D eigenvalue weighted by Crippen LogP contribution is 2.47. The number of carbonyl (C=O) groups is 2. The van der Waals surface area contributed by atoms with Crippen molar-refractivity contribution >= 4 is 66.2 Å². The summed E-state index contributed by atoms with van der Waals surface area (Å²) < 4.78 is 24.7. The zero-order valence-electron chi connectivity index (χ0n) is 24.8. The number of carbonyl (C=O) groups excluding carboxylic acids is 2. The molecule has 0 aliphatic rings. The van der Waals surface area contributed by atoms with Gasteiger partial charge < -0.3 is 28.9 Å². The van der Waals surface area contributed by atoms with E-state index in [0.29, 0.717) is 51.6 Å². The lowest BCUT2D eigenvalue weighted by Gasteiger charge is -2.12. The first-order valence-electron chi connectivity index (χ1n) is 13.9. The van der Waals surface area contributed by atoms with Gasteiger partial charge in [0.15, 0.2) is 12.6 Å². The molecule has 0 radical (unpaired) electrons. The van der Waals surface area contributed by atoms with Crippen molar-refractivity contribution < 1.29 is 28.5 Å². The van der Waals surface area contributed by atoms with E-state index in [1.165, 1.54) is 14.2 Å². The molecule has 0 fully saturated rings. The number of methoxy groups -OCH3 is 4. The maximum absolute atomic E-state index is 12.4. The Morgan fingerprint density at radius 3 is 1.24 bits per heavy atom. The largest absolute Gasteiger partial charge is 0.496 e. The Hall–Kier alpha value is -4.54. The van der Waals surface area contributed by atoms with E-state index in [9.17, 15) is 9.59 Å². The Balaban J connectivity index is 1.71. The van der Waals surface area contributed by atoms with Crippen LogP contribution in [0.25, 0.3) is 44.1 Å². The predicted molar refractivity (Wildman–Crippen MR) is 183 cm³/mol. The fourth-order valence-electron chi connectivity index (χ4n) is 5.99. The Kier molecular flexibility index (Phi) is 8.44. The number of nitrogens with one attached hydrogen (secondary N) is 2. The molecule has 45 heavy (non-hydrogen) atoms. The number of fused-ring (bicyclic) bond motifs is 2. The summed E-state index contributed by atoms with van der Waals surface area (Å²) >= 11 is 7.09. The second-order valence-corrected chi connectivity index (χ2v) is 12.1. The fraction of sp³-hybridized carbons (Fsp3) is 0.143. The molecule has 8 nitrogen and oxygen atoms in total. The van der Waals surface area contributed by atoms with E-state index in [1.54, 1.807) is 26.4 Å². The Morgan fingerprint density at radius 2 is 0.933 bits per heavy atom. The van der Waals surface area contributed by atoms with Gasteiger partial charge in [0.25, 0.3) is 0 Å². The zero-order valence-corrected chi connectivity index (χ0v) is 28.0. The topological polar surface area (TPSA) is 103 Å². The molecule has 6 rings (SSSR count). The quantitative estimate of drug-likeness (QED) is 0.137. The van der Waals surface area contributed by atoms with E-state index in [2.05, 4.69) is 41.8 Å². The minimum atomic E-state index is 0.369. The van der Waals surface area contributed by atoms with E-state index in [4.69, 9.17) is 18.9 Å². The smallest absolute Gasteiger partial charge is 0.155 e. The van der Waals surface area contributed by atoms with Crippen molar-refractivity contribution in [3.63, 3.8) is 0 Å². The highest BCUT2D eigenvalue weighted by Gasteiger charge is 2.27. The van der Waals surface area contributed by atoms with E-state index in [-0.39, 0.29) is 0 Å². The number of hydrogen-bond acceptors (Lipinski definition) is 6. The molecule has 0 spiro atoms. The molecule has 4 aromatic carbocycles. The molecule has 2 aromatic heterocycles. The van der Waals surface area contributed by atoms with Crippen LogP contribution < -0.4 is 18.9 Å². The summed E-state index contributed by atoms with van der Waals surface area (Å²) in [6.07, 6.45) is 1.94. The second kappa shape index (κ2) is 12.5. The summed E-state index contributed by atoms with van der Waals surface area (Å²) in [6.45, 7) is 0. The molecule has 0 aliphatic carbocycles. The molecule has 0 atom stereocenters. The monoisotopic (exact) mass is 730 g/mol. The number of halogens is 2. The number of benzene rings is 4. The minimum absolute atomic E-state index is 0.369. The normalized spacial score (nSPS) is 11.2. The molecule has 0 aliphatic heterocycles. The number of H-pyrrole nitrogens is 2. The van der Waals surface area contributed by atoms with Gasteiger partial charge in [0.1, 0.15) is 23.0 Å². The van der Waals surface area contributed by atoms with Gasteiger partial charge in [0.2, 0.25) is 0 Å². The molecule has 6 aromatic rings. The van der Waals surface area contributed by atoms with Crippen molar-refractivity contribution in [3.8, 4) is 45.3 Å². The van der Waals surface area contributed by atoms with Crippen molar-refractivity contribution in [1.82, 2.24) is 9.97 Å². The van der Waals surface area contributed by atoms with Crippen molar-refractivity contribution in [2.24, 2.45) is 0 Å². The number of aromatic nitrogens is 2. The van der Waals surface area contributed by atoms with Crippen molar-refractivity contribution in [3.05, 3.63) is 92.1 Å². The average Bonchev–Trinajstić information content (AvgIpc) is 3.62. The van der Waals surface area contributed by atoms with Crippen LogP contribution in [0.5, 0.6) is 23.0 Å². The van der Waals surface area contributed by atoms with Gasteiger partial charge in [-0.05, 0) is 35.4 Å². The van der Waals surface area contributed by atoms with Gasteiger partial charge in [-0.2, -0.15) is 0 Å². The lowest BCUT2D eigenvalue weighted by Crippen LogP contribution is -1.95. The van der Waals surface area contributed by atoms with Gasteiger partial charge >= 0.3 is 0 Å². The van der Waals surface area contributed by atoms with E-state index in [0.717, 1.165) is 65.9 Å². The Bertz CT molecular complexity index is 1930. The van der Waals surface area contributed by atoms with Gasteiger partial charge in [-0.1, -0.05) is 56.1 Å². The number of aromatic amines is 2. The Morgan fingerprint density at radius 1 is 0.578 bits per heavy atom. The van der Waals surface area contributed by atoms with Crippen LogP contribution in [0.1, 0.15) is 32.1 Å². The molecule has 0 amide bonds. The van der Waals surface area contributed by atoms with Crippen LogP contribution in [-0.2, 0) is 6.42 Å². The molecule has 2 N–H and O–H groups in total. The third-order valence-corrected chi connectivity index (χ3v) is 9.03. The lowest BCUT2D eigenvalue weighted by molar-refractivity contribution is 0.111. The molecular weight excluding hydrogens is 704 g/mol. The van der Waals surface area contributed by atoms with E-state index < -0.39 is 0 Å². The first kappa shape index (κ1) is 30.5. The van der Waals surface area contributed by atoms with Crippen LogP contribution in [0, 0.1) is 0 Å². The molecule has 10 heteroatoms. The summed E-state index contributed by atoms with van der Waals surface area (Å²) in [4.78, 5) is 32.0. The zero-order chi connectivity index (χ0) is 31.8. The van der Waals surface area contributed by atoms with Crippen molar-refractivity contribution in [2.45, 2.75) is 6.42 Å². The summed E-state index contributed by atoms with van der Waals surface area (Å²) in [5, 5.41) is 1.51. The number of ether oxygens (including phenoxy) is 4. The predicted octanol–water partition coefficient (Wildman–Crippen LogP) is 8.76. The van der Waals surface area contributed by atoms with Crippen LogP contribution >= 0.6 is 31.9 Å². The molecule has 0 saturated heterocycles. The Labute approximate surface area is 275 Å². The maximum Gasteiger partial charge on any atom is 0.155 e.